The van der Waals surface area contributed by atoms with Gasteiger partial charge in [-0.15, -0.1) is 0 Å². The molecule has 0 aliphatic carbocycles. The van der Waals surface area contributed by atoms with Gasteiger partial charge in [0.1, 0.15) is 5.75 Å². The number of hydrogen-bond acceptors (Lipinski definition) is 4. The summed E-state index contributed by atoms with van der Waals surface area (Å²) in [6.45, 7) is 1.71. The second-order valence-electron chi connectivity index (χ2n) is 6.54. The summed E-state index contributed by atoms with van der Waals surface area (Å²) >= 11 is 0. The van der Waals surface area contributed by atoms with Crippen LogP contribution in [0.4, 0.5) is 0 Å². The summed E-state index contributed by atoms with van der Waals surface area (Å²) in [6, 6.07) is 13.5. The number of amides is 2. The maximum atomic E-state index is 12.7. The lowest BCUT2D eigenvalue weighted by Crippen LogP contribution is -2.51. The zero-order valence-corrected chi connectivity index (χ0v) is 15.6. The van der Waals surface area contributed by atoms with Crippen LogP contribution in [0.1, 0.15) is 26.3 Å². The minimum Gasteiger partial charge on any atom is -0.497 e. The third-order valence-electron chi connectivity index (χ3n) is 4.83. The molecule has 1 aliphatic rings. The van der Waals surface area contributed by atoms with Gasteiger partial charge in [-0.05, 0) is 29.8 Å². The van der Waals surface area contributed by atoms with Crippen LogP contribution in [-0.2, 0) is 11.2 Å². The lowest BCUT2D eigenvalue weighted by Gasteiger charge is -2.35. The number of aromatic carboxylic acids is 1. The molecule has 3 rings (SSSR count). The van der Waals surface area contributed by atoms with Crippen LogP contribution in [-0.4, -0.2) is 66.0 Å². The number of carboxylic acid groups (broad SMARTS) is 1. The first kappa shape index (κ1) is 19.4. The molecule has 0 bridgehead atoms. The molecule has 146 valence electrons. The van der Waals surface area contributed by atoms with Gasteiger partial charge in [-0.1, -0.05) is 24.3 Å². The largest absolute Gasteiger partial charge is 0.497 e. The summed E-state index contributed by atoms with van der Waals surface area (Å²) in [5.41, 5.74) is 1.19. The summed E-state index contributed by atoms with van der Waals surface area (Å²) in [5, 5.41) is 9.25. The lowest BCUT2D eigenvalue weighted by atomic mass is 10.0. The average Bonchev–Trinajstić information content (AvgIpc) is 2.73. The summed E-state index contributed by atoms with van der Waals surface area (Å²) in [4.78, 5) is 39.9. The Morgan fingerprint density at radius 2 is 1.64 bits per heavy atom. The van der Waals surface area contributed by atoms with Gasteiger partial charge < -0.3 is 19.6 Å². The van der Waals surface area contributed by atoms with Gasteiger partial charge in [0.15, 0.2) is 0 Å². The average molecular weight is 382 g/mol. The minimum absolute atomic E-state index is 0.0340. The third kappa shape index (κ3) is 4.31. The molecule has 2 aromatic carbocycles. The van der Waals surface area contributed by atoms with Crippen molar-refractivity contribution in [2.45, 2.75) is 6.42 Å². The summed E-state index contributed by atoms with van der Waals surface area (Å²) < 4.78 is 5.16. The topological polar surface area (TPSA) is 87.2 Å². The van der Waals surface area contributed by atoms with Crippen LogP contribution < -0.4 is 4.74 Å². The molecule has 1 heterocycles. The number of rotatable bonds is 5. The van der Waals surface area contributed by atoms with E-state index in [1.165, 1.54) is 6.07 Å². The zero-order valence-electron chi connectivity index (χ0n) is 15.6. The molecule has 7 heteroatoms. The number of carbonyl (C=O) groups is 3. The third-order valence-corrected chi connectivity index (χ3v) is 4.83. The molecule has 0 unspecified atom stereocenters. The van der Waals surface area contributed by atoms with E-state index in [-0.39, 0.29) is 23.8 Å². The van der Waals surface area contributed by atoms with E-state index < -0.39 is 5.97 Å². The standard InChI is InChI=1S/C21H22N2O5/c1-28-17-7-4-6-16(13-17)20(25)23-11-9-22(10-12-23)19(24)14-15-5-2-3-8-18(15)21(26)27/h2-8,13H,9-12,14H2,1H3,(H,26,27). The van der Waals surface area contributed by atoms with Crippen molar-refractivity contribution in [1.29, 1.82) is 0 Å². The molecule has 0 saturated carbocycles. The van der Waals surface area contributed by atoms with Crippen molar-refractivity contribution in [3.63, 3.8) is 0 Å². The SMILES string of the molecule is COc1cccc(C(=O)N2CCN(C(=O)Cc3ccccc3C(=O)O)CC2)c1. The Morgan fingerprint density at radius 1 is 0.964 bits per heavy atom. The molecule has 0 aromatic heterocycles. The number of ether oxygens (including phenoxy) is 1. The van der Waals surface area contributed by atoms with E-state index in [9.17, 15) is 19.5 Å². The predicted molar refractivity (Wildman–Crippen MR) is 103 cm³/mol. The van der Waals surface area contributed by atoms with Crippen LogP contribution >= 0.6 is 0 Å². The van der Waals surface area contributed by atoms with Crippen molar-refractivity contribution in [2.24, 2.45) is 0 Å². The Balaban J connectivity index is 1.60. The van der Waals surface area contributed by atoms with Crippen molar-refractivity contribution in [2.75, 3.05) is 33.3 Å². The van der Waals surface area contributed by atoms with Gasteiger partial charge >= 0.3 is 5.97 Å². The van der Waals surface area contributed by atoms with E-state index in [4.69, 9.17) is 4.74 Å². The molecule has 1 N–H and O–H groups in total. The van der Waals surface area contributed by atoms with Crippen LogP contribution in [0.2, 0.25) is 0 Å². The highest BCUT2D eigenvalue weighted by Crippen LogP contribution is 2.16. The summed E-state index contributed by atoms with van der Waals surface area (Å²) in [7, 11) is 1.55. The fourth-order valence-electron chi connectivity index (χ4n) is 3.26. The number of hydrogen-bond donors (Lipinski definition) is 1. The van der Waals surface area contributed by atoms with Gasteiger partial charge in [0.25, 0.3) is 5.91 Å². The predicted octanol–water partition coefficient (Wildman–Crippen LogP) is 1.92. The fourth-order valence-corrected chi connectivity index (χ4v) is 3.26. The number of benzene rings is 2. The highest BCUT2D eigenvalue weighted by molar-refractivity contribution is 5.95. The van der Waals surface area contributed by atoms with Crippen molar-refractivity contribution in [3.8, 4) is 5.75 Å². The molecular formula is C21H22N2O5. The molecule has 1 aliphatic heterocycles. The van der Waals surface area contributed by atoms with Gasteiger partial charge in [-0.2, -0.15) is 0 Å². The van der Waals surface area contributed by atoms with E-state index in [0.29, 0.717) is 43.1 Å². The van der Waals surface area contributed by atoms with Gasteiger partial charge in [0, 0.05) is 31.7 Å². The van der Waals surface area contributed by atoms with E-state index in [2.05, 4.69) is 0 Å². The number of nitrogens with zero attached hydrogens (tertiary/aromatic N) is 2. The normalized spacial score (nSPS) is 13.9. The first-order valence-corrected chi connectivity index (χ1v) is 9.02. The van der Waals surface area contributed by atoms with Crippen molar-refractivity contribution >= 4 is 17.8 Å². The molecule has 1 saturated heterocycles. The highest BCUT2D eigenvalue weighted by Gasteiger charge is 2.25. The number of methoxy groups -OCH3 is 1. The minimum atomic E-state index is -1.04. The van der Waals surface area contributed by atoms with Crippen LogP contribution in [0.25, 0.3) is 0 Å². The van der Waals surface area contributed by atoms with Gasteiger partial charge in [-0.25, -0.2) is 4.79 Å². The zero-order chi connectivity index (χ0) is 20.1. The highest BCUT2D eigenvalue weighted by atomic mass is 16.5. The smallest absolute Gasteiger partial charge is 0.335 e. The Bertz CT molecular complexity index is 888. The quantitative estimate of drug-likeness (QED) is 0.854. The number of carbonyl (C=O) groups excluding carboxylic acids is 2. The lowest BCUT2D eigenvalue weighted by molar-refractivity contribution is -0.131. The molecule has 1 fully saturated rings. The van der Waals surface area contributed by atoms with Crippen LogP contribution in [0.15, 0.2) is 48.5 Å². The van der Waals surface area contributed by atoms with Crippen LogP contribution in [0, 0.1) is 0 Å². The van der Waals surface area contributed by atoms with Crippen LogP contribution in [0.3, 0.4) is 0 Å². The number of carboxylic acids is 1. The van der Waals surface area contributed by atoms with Crippen molar-refractivity contribution in [3.05, 3.63) is 65.2 Å². The first-order chi connectivity index (χ1) is 13.5. The fraction of sp³-hybridized carbons (Fsp3) is 0.286. The molecule has 2 aromatic rings. The summed E-state index contributed by atoms with van der Waals surface area (Å²) in [6.07, 6.45) is 0.0340. The molecule has 0 atom stereocenters. The monoisotopic (exact) mass is 382 g/mol. The maximum absolute atomic E-state index is 12.7. The van der Waals surface area contributed by atoms with Crippen molar-refractivity contribution < 1.29 is 24.2 Å². The van der Waals surface area contributed by atoms with Gasteiger partial charge in [0.05, 0.1) is 19.1 Å². The molecule has 0 radical (unpaired) electrons. The van der Waals surface area contributed by atoms with Gasteiger partial charge in [-0.3, -0.25) is 9.59 Å². The van der Waals surface area contributed by atoms with Crippen molar-refractivity contribution in [1.82, 2.24) is 9.80 Å². The molecule has 2 amide bonds. The van der Waals surface area contributed by atoms with E-state index in [1.54, 1.807) is 59.4 Å². The molecular weight excluding hydrogens is 360 g/mol. The second-order valence-corrected chi connectivity index (χ2v) is 6.54. The van der Waals surface area contributed by atoms with E-state index >= 15 is 0 Å². The van der Waals surface area contributed by atoms with Crippen LogP contribution in [0.5, 0.6) is 5.75 Å². The van der Waals surface area contributed by atoms with Gasteiger partial charge in [0.2, 0.25) is 5.91 Å². The van der Waals surface area contributed by atoms with E-state index in [1.807, 2.05) is 0 Å². The Labute approximate surface area is 163 Å². The maximum Gasteiger partial charge on any atom is 0.335 e. The first-order valence-electron chi connectivity index (χ1n) is 9.02. The number of piperazine rings is 1. The summed E-state index contributed by atoms with van der Waals surface area (Å²) in [5.74, 6) is -0.654. The Kier molecular flexibility index (Phi) is 5.93. The Hall–Kier alpha value is -3.35. The Morgan fingerprint density at radius 3 is 2.32 bits per heavy atom. The van der Waals surface area contributed by atoms with E-state index in [0.717, 1.165) is 0 Å². The molecule has 28 heavy (non-hydrogen) atoms. The second kappa shape index (κ2) is 8.56. The molecule has 7 nitrogen and oxygen atoms in total. The molecule has 0 spiro atoms.